The number of nitrogens with zero attached hydrogens (tertiary/aromatic N) is 1. The van der Waals surface area contributed by atoms with Gasteiger partial charge in [-0.25, -0.2) is 0 Å². The second-order valence-corrected chi connectivity index (χ2v) is 4.39. The standard InChI is InChI=1S/C10H13NOP/c1-10(2,3)8-5-4-6-11-9(8)7-13-12/h4-7H,1-3H3/q+1. The van der Waals surface area contributed by atoms with E-state index in [-0.39, 0.29) is 13.5 Å². The summed E-state index contributed by atoms with van der Waals surface area (Å²) in [7, 11) is 0.0103. The van der Waals surface area contributed by atoms with Crippen LogP contribution in [0.5, 0.6) is 0 Å². The summed E-state index contributed by atoms with van der Waals surface area (Å²) in [6.45, 7) is 6.34. The minimum absolute atomic E-state index is 0.0103. The van der Waals surface area contributed by atoms with Gasteiger partial charge in [0.25, 0.3) is 0 Å². The molecule has 0 aliphatic heterocycles. The van der Waals surface area contributed by atoms with E-state index >= 15 is 0 Å². The fraction of sp³-hybridized carbons (Fsp3) is 0.400. The van der Waals surface area contributed by atoms with Crippen molar-refractivity contribution in [3.8, 4) is 0 Å². The van der Waals surface area contributed by atoms with Crippen LogP contribution < -0.4 is 0 Å². The van der Waals surface area contributed by atoms with Crippen LogP contribution in [0.2, 0.25) is 0 Å². The Morgan fingerprint density at radius 1 is 1.46 bits per heavy atom. The zero-order valence-electron chi connectivity index (χ0n) is 8.11. The SMILES string of the molecule is CC(C)(C)c1cccnc1C=[P+]=O. The summed E-state index contributed by atoms with van der Waals surface area (Å²) in [5.41, 5.74) is 1.98. The number of rotatable bonds is 1. The predicted molar refractivity (Wildman–Crippen MR) is 55.7 cm³/mol. The molecule has 2 nitrogen and oxygen atoms in total. The Labute approximate surface area is 79.9 Å². The second-order valence-electron chi connectivity index (χ2n) is 3.92. The molecule has 1 aromatic rings. The molecule has 1 aromatic heterocycles. The van der Waals surface area contributed by atoms with Crippen LogP contribution in [0.4, 0.5) is 0 Å². The minimum atomic E-state index is 0.0103. The van der Waals surface area contributed by atoms with E-state index in [1.54, 1.807) is 12.0 Å². The summed E-state index contributed by atoms with van der Waals surface area (Å²) >= 11 is 0. The molecule has 0 bridgehead atoms. The van der Waals surface area contributed by atoms with Crippen molar-refractivity contribution in [2.45, 2.75) is 26.2 Å². The van der Waals surface area contributed by atoms with Crippen molar-refractivity contribution in [2.24, 2.45) is 0 Å². The zero-order chi connectivity index (χ0) is 9.90. The molecule has 0 unspecified atom stereocenters. The van der Waals surface area contributed by atoms with E-state index in [0.29, 0.717) is 0 Å². The molecule has 0 spiro atoms. The van der Waals surface area contributed by atoms with Crippen LogP contribution >= 0.6 is 8.08 Å². The third-order valence-corrected chi connectivity index (χ3v) is 2.17. The van der Waals surface area contributed by atoms with Gasteiger partial charge in [0.1, 0.15) is 0 Å². The van der Waals surface area contributed by atoms with E-state index in [2.05, 4.69) is 25.8 Å². The number of aromatic nitrogens is 1. The van der Waals surface area contributed by atoms with Crippen LogP contribution in [0.25, 0.3) is 0 Å². The first kappa shape index (κ1) is 10.3. The van der Waals surface area contributed by atoms with Gasteiger partial charge in [-0.2, -0.15) is 0 Å². The quantitative estimate of drug-likeness (QED) is 0.643. The molecule has 0 saturated heterocycles. The molecule has 13 heavy (non-hydrogen) atoms. The van der Waals surface area contributed by atoms with Gasteiger partial charge in [-0.3, -0.25) is 0 Å². The van der Waals surface area contributed by atoms with Crippen molar-refractivity contribution in [1.29, 1.82) is 0 Å². The average Bonchev–Trinajstić information content (AvgIpc) is 2.04. The van der Waals surface area contributed by atoms with Crippen molar-refractivity contribution in [2.75, 3.05) is 0 Å². The fourth-order valence-electron chi connectivity index (χ4n) is 1.20. The maximum absolute atomic E-state index is 10.5. The first-order valence-electron chi connectivity index (χ1n) is 4.17. The molecule has 68 valence electrons. The number of pyridine rings is 1. The molecule has 0 radical (unpaired) electrons. The Bertz CT molecular complexity index is 348. The molecule has 0 amide bonds. The zero-order valence-corrected chi connectivity index (χ0v) is 9.01. The summed E-state index contributed by atoms with van der Waals surface area (Å²) in [5, 5.41) is 0. The van der Waals surface area contributed by atoms with Crippen molar-refractivity contribution in [3.05, 3.63) is 29.6 Å². The fourth-order valence-corrected chi connectivity index (χ4v) is 1.51. The van der Waals surface area contributed by atoms with Crippen LogP contribution in [-0.2, 0) is 9.98 Å². The van der Waals surface area contributed by atoms with E-state index in [0.717, 1.165) is 11.3 Å². The van der Waals surface area contributed by atoms with Gasteiger partial charge in [-0.1, -0.05) is 0 Å². The van der Waals surface area contributed by atoms with Crippen molar-refractivity contribution in [1.82, 2.24) is 4.98 Å². The van der Waals surface area contributed by atoms with Crippen LogP contribution in [-0.4, -0.2) is 10.8 Å². The molecule has 3 heteroatoms. The van der Waals surface area contributed by atoms with Gasteiger partial charge in [-0.15, -0.1) is 0 Å². The van der Waals surface area contributed by atoms with Gasteiger partial charge in [-0.05, 0) is 0 Å². The van der Waals surface area contributed by atoms with Crippen LogP contribution in [0.1, 0.15) is 32.0 Å². The number of hydrogen-bond donors (Lipinski definition) is 0. The molecule has 1 heterocycles. The predicted octanol–water partition coefficient (Wildman–Crippen LogP) is 2.82. The third-order valence-electron chi connectivity index (χ3n) is 1.82. The van der Waals surface area contributed by atoms with Gasteiger partial charge in [0, 0.05) is 0 Å². The van der Waals surface area contributed by atoms with Gasteiger partial charge >= 0.3 is 79.2 Å². The van der Waals surface area contributed by atoms with Gasteiger partial charge < -0.3 is 0 Å². The van der Waals surface area contributed by atoms with Crippen LogP contribution in [0, 0.1) is 0 Å². The van der Waals surface area contributed by atoms with E-state index in [9.17, 15) is 4.57 Å². The molecular formula is C10H13NOP+. The Hall–Kier alpha value is -0.750. The first-order valence-corrected chi connectivity index (χ1v) is 5.05. The van der Waals surface area contributed by atoms with Crippen molar-refractivity contribution >= 4 is 13.9 Å². The van der Waals surface area contributed by atoms with Crippen LogP contribution in [0.3, 0.4) is 0 Å². The third kappa shape index (κ3) is 2.60. The summed E-state index contributed by atoms with van der Waals surface area (Å²) < 4.78 is 10.5. The van der Waals surface area contributed by atoms with Gasteiger partial charge in [0.05, 0.1) is 0 Å². The summed E-state index contributed by atoms with van der Waals surface area (Å²) in [6.07, 6.45) is 1.71. The maximum atomic E-state index is 10.5. The molecule has 0 N–H and O–H groups in total. The Kier molecular flexibility index (Phi) is 3.16. The number of hydrogen-bond acceptors (Lipinski definition) is 2. The molecule has 0 atom stereocenters. The molecule has 0 aromatic carbocycles. The second kappa shape index (κ2) is 3.97. The van der Waals surface area contributed by atoms with E-state index in [1.807, 2.05) is 12.1 Å². The van der Waals surface area contributed by atoms with Gasteiger partial charge in [0.2, 0.25) is 0 Å². The average molecular weight is 194 g/mol. The Morgan fingerprint density at radius 3 is 2.69 bits per heavy atom. The van der Waals surface area contributed by atoms with E-state index in [1.165, 1.54) is 0 Å². The van der Waals surface area contributed by atoms with E-state index in [4.69, 9.17) is 0 Å². The summed E-state index contributed by atoms with van der Waals surface area (Å²) in [5.74, 6) is 1.60. The van der Waals surface area contributed by atoms with Crippen molar-refractivity contribution in [3.63, 3.8) is 0 Å². The molecule has 0 aliphatic carbocycles. The van der Waals surface area contributed by atoms with Crippen molar-refractivity contribution < 1.29 is 4.57 Å². The Morgan fingerprint density at radius 2 is 2.15 bits per heavy atom. The normalized spacial score (nSPS) is 11.0. The molecular weight excluding hydrogens is 181 g/mol. The Balaban J connectivity index is 3.27. The molecule has 0 aliphatic rings. The summed E-state index contributed by atoms with van der Waals surface area (Å²) in [4.78, 5) is 4.17. The topological polar surface area (TPSA) is 30.0 Å². The first-order chi connectivity index (χ1) is 6.05. The monoisotopic (exact) mass is 194 g/mol. The van der Waals surface area contributed by atoms with Crippen LogP contribution in [0.15, 0.2) is 18.3 Å². The summed E-state index contributed by atoms with van der Waals surface area (Å²) in [6, 6.07) is 3.92. The molecule has 1 rings (SSSR count). The molecule has 0 saturated carbocycles. The molecule has 0 fully saturated rings. The van der Waals surface area contributed by atoms with Gasteiger partial charge in [0.15, 0.2) is 0 Å². The van der Waals surface area contributed by atoms with E-state index < -0.39 is 0 Å².